The van der Waals surface area contributed by atoms with E-state index in [0.717, 1.165) is 0 Å². The number of nitrogen functional groups attached to an aromatic ring is 1. The Kier molecular flexibility index (Phi) is 2.41. The zero-order valence-electron chi connectivity index (χ0n) is 7.90. The molecule has 0 aliphatic carbocycles. The second-order valence-electron chi connectivity index (χ2n) is 3.03. The Hall–Kier alpha value is -1.49. The van der Waals surface area contributed by atoms with Crippen LogP contribution in [0.1, 0.15) is 0 Å². The lowest BCUT2D eigenvalue weighted by molar-refractivity contribution is -0.0814. The van der Waals surface area contributed by atoms with Crippen LogP contribution in [0.3, 0.4) is 0 Å². The van der Waals surface area contributed by atoms with Crippen LogP contribution in [0.2, 0.25) is 0 Å². The molecule has 1 fully saturated rings. The number of nitrogens with zero attached hydrogens (tertiary/aromatic N) is 1. The van der Waals surface area contributed by atoms with Gasteiger partial charge in [-0.3, -0.25) is 0 Å². The molecule has 0 amide bonds. The van der Waals surface area contributed by atoms with Crippen LogP contribution >= 0.6 is 0 Å². The predicted octanol–water partition coefficient (Wildman–Crippen LogP) is 0.450. The molecule has 1 aliphatic heterocycles. The van der Waals surface area contributed by atoms with Crippen molar-refractivity contribution in [2.45, 2.75) is 6.10 Å². The van der Waals surface area contributed by atoms with Gasteiger partial charge < -0.3 is 19.9 Å². The highest BCUT2D eigenvalue weighted by atomic mass is 16.6. The number of ether oxygens (including phenoxy) is 3. The number of rotatable bonds is 3. The van der Waals surface area contributed by atoms with E-state index in [4.69, 9.17) is 19.9 Å². The second kappa shape index (κ2) is 3.71. The number of pyridine rings is 1. The summed E-state index contributed by atoms with van der Waals surface area (Å²) in [7, 11) is 1.52. The maximum absolute atomic E-state index is 5.61. The highest BCUT2D eigenvalue weighted by molar-refractivity contribution is 5.49. The van der Waals surface area contributed by atoms with Gasteiger partial charge in [0.1, 0.15) is 6.10 Å². The number of methoxy groups -OCH3 is 1. The van der Waals surface area contributed by atoms with Gasteiger partial charge in [-0.2, -0.15) is 4.98 Å². The smallest absolute Gasteiger partial charge is 0.240 e. The minimum atomic E-state index is 0.107. The maximum atomic E-state index is 5.61. The molecule has 0 saturated carbocycles. The van der Waals surface area contributed by atoms with Gasteiger partial charge in [-0.05, 0) is 6.07 Å². The Bertz CT molecular complexity index is 326. The van der Waals surface area contributed by atoms with Gasteiger partial charge in [0.25, 0.3) is 0 Å². The molecule has 1 aromatic rings. The summed E-state index contributed by atoms with van der Waals surface area (Å²) >= 11 is 0. The first-order valence-electron chi connectivity index (χ1n) is 4.34. The van der Waals surface area contributed by atoms with Gasteiger partial charge in [0.2, 0.25) is 11.8 Å². The summed E-state index contributed by atoms with van der Waals surface area (Å²) in [4.78, 5) is 4.09. The quantitative estimate of drug-likeness (QED) is 0.760. The van der Waals surface area contributed by atoms with E-state index in [9.17, 15) is 0 Å². The van der Waals surface area contributed by atoms with E-state index >= 15 is 0 Å². The fraction of sp³-hybridized carbons (Fsp3) is 0.444. The summed E-state index contributed by atoms with van der Waals surface area (Å²) < 4.78 is 15.4. The summed E-state index contributed by atoms with van der Waals surface area (Å²) in [6.45, 7) is 1.24. The molecule has 0 aromatic carbocycles. The zero-order chi connectivity index (χ0) is 9.97. The van der Waals surface area contributed by atoms with Crippen LogP contribution in [-0.4, -0.2) is 31.4 Å². The lowest BCUT2D eigenvalue weighted by Gasteiger charge is -2.26. The van der Waals surface area contributed by atoms with Gasteiger partial charge in [-0.1, -0.05) is 0 Å². The summed E-state index contributed by atoms with van der Waals surface area (Å²) in [5.41, 5.74) is 6.11. The standard InChI is InChI=1S/C9H12N2O3/c1-12-9-7(10)2-3-8(11-9)14-6-4-13-5-6/h2-3,6H,4-5,10H2,1H3. The summed E-state index contributed by atoms with van der Waals surface area (Å²) in [5, 5.41) is 0. The molecule has 1 saturated heterocycles. The molecule has 0 spiro atoms. The minimum Gasteiger partial charge on any atom is -0.479 e. The first kappa shape index (κ1) is 9.08. The van der Waals surface area contributed by atoms with Crippen LogP contribution in [0.15, 0.2) is 12.1 Å². The van der Waals surface area contributed by atoms with Crippen molar-refractivity contribution in [3.8, 4) is 11.8 Å². The maximum Gasteiger partial charge on any atom is 0.240 e. The van der Waals surface area contributed by atoms with Crippen molar-refractivity contribution in [3.05, 3.63) is 12.1 Å². The largest absolute Gasteiger partial charge is 0.479 e. The van der Waals surface area contributed by atoms with Crippen molar-refractivity contribution in [2.75, 3.05) is 26.1 Å². The molecule has 76 valence electrons. The second-order valence-corrected chi connectivity index (χ2v) is 3.03. The third kappa shape index (κ3) is 1.72. The van der Waals surface area contributed by atoms with Crippen molar-refractivity contribution in [2.24, 2.45) is 0 Å². The van der Waals surface area contributed by atoms with Gasteiger partial charge in [-0.25, -0.2) is 0 Å². The van der Waals surface area contributed by atoms with Crippen molar-refractivity contribution in [3.63, 3.8) is 0 Å². The van der Waals surface area contributed by atoms with Crippen molar-refractivity contribution >= 4 is 5.69 Å². The van der Waals surface area contributed by atoms with Crippen LogP contribution in [0.25, 0.3) is 0 Å². The van der Waals surface area contributed by atoms with Crippen LogP contribution in [0.4, 0.5) is 5.69 Å². The van der Waals surface area contributed by atoms with Gasteiger partial charge in [0.15, 0.2) is 0 Å². The fourth-order valence-electron chi connectivity index (χ4n) is 1.12. The van der Waals surface area contributed by atoms with E-state index in [1.807, 2.05) is 0 Å². The van der Waals surface area contributed by atoms with Crippen LogP contribution < -0.4 is 15.2 Å². The molecule has 5 heteroatoms. The third-order valence-electron chi connectivity index (χ3n) is 1.95. The van der Waals surface area contributed by atoms with Crippen molar-refractivity contribution in [1.29, 1.82) is 0 Å². The molecule has 0 atom stereocenters. The van der Waals surface area contributed by atoms with E-state index in [0.29, 0.717) is 30.7 Å². The summed E-state index contributed by atoms with van der Waals surface area (Å²) in [6, 6.07) is 3.43. The normalized spacial score (nSPS) is 16.1. The molecule has 1 aliphatic rings. The molecule has 0 bridgehead atoms. The Labute approximate surface area is 81.8 Å². The molecular weight excluding hydrogens is 184 g/mol. The number of hydrogen-bond acceptors (Lipinski definition) is 5. The van der Waals surface area contributed by atoms with Crippen LogP contribution in [0.5, 0.6) is 11.8 Å². The molecule has 2 N–H and O–H groups in total. The highest BCUT2D eigenvalue weighted by Gasteiger charge is 2.20. The number of aromatic nitrogens is 1. The van der Waals surface area contributed by atoms with Gasteiger partial charge in [0, 0.05) is 6.07 Å². The first-order chi connectivity index (χ1) is 6.79. The first-order valence-corrected chi connectivity index (χ1v) is 4.34. The molecule has 5 nitrogen and oxygen atoms in total. The third-order valence-corrected chi connectivity index (χ3v) is 1.95. The molecule has 0 radical (unpaired) electrons. The minimum absolute atomic E-state index is 0.107. The SMILES string of the molecule is COc1nc(OC2COC2)ccc1N. The monoisotopic (exact) mass is 196 g/mol. The average molecular weight is 196 g/mol. The Morgan fingerprint density at radius 1 is 1.50 bits per heavy atom. The molecule has 14 heavy (non-hydrogen) atoms. The van der Waals surface area contributed by atoms with Crippen molar-refractivity contribution in [1.82, 2.24) is 4.98 Å². The Morgan fingerprint density at radius 2 is 2.29 bits per heavy atom. The Morgan fingerprint density at radius 3 is 2.86 bits per heavy atom. The summed E-state index contributed by atoms with van der Waals surface area (Å²) in [5.74, 6) is 0.909. The predicted molar refractivity (Wildman–Crippen MR) is 50.4 cm³/mol. The van der Waals surface area contributed by atoms with Gasteiger partial charge >= 0.3 is 0 Å². The Balaban J connectivity index is 2.09. The molecule has 2 rings (SSSR count). The van der Waals surface area contributed by atoms with Crippen molar-refractivity contribution < 1.29 is 14.2 Å². The van der Waals surface area contributed by atoms with E-state index < -0.39 is 0 Å². The van der Waals surface area contributed by atoms with Gasteiger partial charge in [-0.15, -0.1) is 0 Å². The highest BCUT2D eigenvalue weighted by Crippen LogP contribution is 2.22. The van der Waals surface area contributed by atoms with E-state index in [1.165, 1.54) is 7.11 Å². The van der Waals surface area contributed by atoms with E-state index in [2.05, 4.69) is 4.98 Å². The zero-order valence-corrected chi connectivity index (χ0v) is 7.90. The molecule has 2 heterocycles. The lowest BCUT2D eigenvalue weighted by atomic mass is 10.3. The molecular formula is C9H12N2O3. The summed E-state index contributed by atoms with van der Waals surface area (Å²) in [6.07, 6.45) is 0.107. The topological polar surface area (TPSA) is 66.6 Å². The fourth-order valence-corrected chi connectivity index (χ4v) is 1.12. The molecule has 0 unspecified atom stereocenters. The van der Waals surface area contributed by atoms with E-state index in [-0.39, 0.29) is 6.10 Å². The number of nitrogens with two attached hydrogens (primary N) is 1. The van der Waals surface area contributed by atoms with Crippen LogP contribution in [0, 0.1) is 0 Å². The average Bonchev–Trinajstić information content (AvgIpc) is 2.14. The van der Waals surface area contributed by atoms with E-state index in [1.54, 1.807) is 12.1 Å². The number of anilines is 1. The lowest BCUT2D eigenvalue weighted by Crippen LogP contribution is -2.38. The molecule has 1 aromatic heterocycles. The van der Waals surface area contributed by atoms with Gasteiger partial charge in [0.05, 0.1) is 26.0 Å². The number of hydrogen-bond donors (Lipinski definition) is 1. The van der Waals surface area contributed by atoms with Crippen LogP contribution in [-0.2, 0) is 4.74 Å².